The molecule has 0 amide bonds. The zero-order valence-electron chi connectivity index (χ0n) is 10.4. The Morgan fingerprint density at radius 2 is 2.06 bits per heavy atom. The number of nitrogens with two attached hydrogens (primary N) is 1. The molecule has 1 aromatic rings. The number of nitrogens with one attached hydrogen (secondary N) is 1. The lowest BCUT2D eigenvalue weighted by Gasteiger charge is -2.18. The van der Waals surface area contributed by atoms with Crippen molar-refractivity contribution in [3.8, 4) is 0 Å². The van der Waals surface area contributed by atoms with Crippen molar-refractivity contribution in [3.63, 3.8) is 0 Å². The van der Waals surface area contributed by atoms with Crippen molar-refractivity contribution in [2.75, 3.05) is 12.3 Å². The summed E-state index contributed by atoms with van der Waals surface area (Å²) in [5, 5.41) is 0. The second kappa shape index (κ2) is 5.01. The molecule has 0 radical (unpaired) electrons. The lowest BCUT2D eigenvalue weighted by Crippen LogP contribution is -2.28. The average Bonchev–Trinajstić information content (AvgIpc) is 2.15. The van der Waals surface area contributed by atoms with E-state index in [9.17, 15) is 8.42 Å². The van der Waals surface area contributed by atoms with Crippen LogP contribution < -0.4 is 10.5 Å². The Balaban J connectivity index is 2.74. The van der Waals surface area contributed by atoms with Gasteiger partial charge in [-0.2, -0.15) is 0 Å². The summed E-state index contributed by atoms with van der Waals surface area (Å²) in [5.74, 6) is 0.0239. The van der Waals surface area contributed by atoms with Crippen molar-refractivity contribution in [1.29, 1.82) is 0 Å². The Bertz CT molecular complexity index is 478. The van der Waals surface area contributed by atoms with Gasteiger partial charge in [0, 0.05) is 12.7 Å². The predicted octanol–water partition coefficient (Wildman–Crippen LogP) is 1.38. The first-order valence-corrected chi connectivity index (χ1v) is 6.91. The molecule has 0 aromatic carbocycles. The number of anilines is 1. The fourth-order valence-corrected chi connectivity index (χ4v) is 2.38. The van der Waals surface area contributed by atoms with Gasteiger partial charge in [0.25, 0.3) is 0 Å². The summed E-state index contributed by atoms with van der Waals surface area (Å²) in [6.45, 7) is 6.55. The highest BCUT2D eigenvalue weighted by Crippen LogP contribution is 2.18. The lowest BCUT2D eigenvalue weighted by molar-refractivity contribution is 0.378. The van der Waals surface area contributed by atoms with Crippen LogP contribution in [-0.2, 0) is 10.0 Å². The number of nitrogens with zero attached hydrogens (tertiary/aromatic N) is 1. The molecule has 5 nitrogen and oxygen atoms in total. The van der Waals surface area contributed by atoms with Crippen molar-refractivity contribution in [2.45, 2.75) is 32.1 Å². The van der Waals surface area contributed by atoms with E-state index in [2.05, 4.69) is 30.5 Å². The molecule has 0 unspecified atom stereocenters. The maximum atomic E-state index is 11.9. The van der Waals surface area contributed by atoms with Gasteiger partial charge in [-0.25, -0.2) is 18.1 Å². The Hall–Kier alpha value is -1.14. The molecular formula is C11H19N3O2S. The Labute approximate surface area is 102 Å². The SMILES string of the molecule is CC(C)(C)CCNS(=O)(=O)c1cccnc1N. The highest BCUT2D eigenvalue weighted by Gasteiger charge is 2.18. The molecule has 96 valence electrons. The van der Waals surface area contributed by atoms with E-state index < -0.39 is 10.0 Å². The fraction of sp³-hybridized carbons (Fsp3) is 0.545. The molecule has 0 bridgehead atoms. The zero-order valence-corrected chi connectivity index (χ0v) is 11.2. The predicted molar refractivity (Wildman–Crippen MR) is 67.9 cm³/mol. The average molecular weight is 257 g/mol. The fourth-order valence-electron chi connectivity index (χ4n) is 1.27. The molecule has 6 heteroatoms. The van der Waals surface area contributed by atoms with Gasteiger partial charge in [-0.3, -0.25) is 0 Å². The third kappa shape index (κ3) is 4.32. The molecule has 1 aromatic heterocycles. The van der Waals surface area contributed by atoms with Crippen molar-refractivity contribution in [3.05, 3.63) is 18.3 Å². The molecular weight excluding hydrogens is 238 g/mol. The van der Waals surface area contributed by atoms with Gasteiger partial charge in [0.15, 0.2) is 0 Å². The van der Waals surface area contributed by atoms with Crippen LogP contribution in [0.2, 0.25) is 0 Å². The molecule has 0 saturated heterocycles. The summed E-state index contributed by atoms with van der Waals surface area (Å²) in [7, 11) is -3.55. The summed E-state index contributed by atoms with van der Waals surface area (Å²) in [6.07, 6.45) is 2.22. The van der Waals surface area contributed by atoms with Crippen LogP contribution in [0.5, 0.6) is 0 Å². The largest absolute Gasteiger partial charge is 0.383 e. The summed E-state index contributed by atoms with van der Waals surface area (Å²) in [4.78, 5) is 3.80. The van der Waals surface area contributed by atoms with E-state index in [1.807, 2.05) is 0 Å². The first kappa shape index (κ1) is 13.9. The van der Waals surface area contributed by atoms with E-state index in [0.29, 0.717) is 6.54 Å². The molecule has 17 heavy (non-hydrogen) atoms. The van der Waals surface area contributed by atoms with Crippen molar-refractivity contribution < 1.29 is 8.42 Å². The second-order valence-corrected chi connectivity index (χ2v) is 6.83. The molecule has 1 rings (SSSR count). The number of aromatic nitrogens is 1. The molecule has 0 atom stereocenters. The first-order valence-electron chi connectivity index (χ1n) is 5.42. The summed E-state index contributed by atoms with van der Waals surface area (Å²) < 4.78 is 26.3. The van der Waals surface area contributed by atoms with Crippen molar-refractivity contribution in [1.82, 2.24) is 9.71 Å². The van der Waals surface area contributed by atoms with E-state index in [0.717, 1.165) is 6.42 Å². The van der Waals surface area contributed by atoms with Gasteiger partial charge in [-0.15, -0.1) is 0 Å². The molecule has 0 spiro atoms. The molecule has 0 aliphatic rings. The van der Waals surface area contributed by atoms with Gasteiger partial charge in [-0.1, -0.05) is 20.8 Å². The maximum Gasteiger partial charge on any atom is 0.244 e. The van der Waals surface area contributed by atoms with Crippen molar-refractivity contribution in [2.24, 2.45) is 5.41 Å². The minimum atomic E-state index is -3.55. The second-order valence-electron chi connectivity index (χ2n) is 5.10. The van der Waals surface area contributed by atoms with Gasteiger partial charge in [0.1, 0.15) is 10.7 Å². The van der Waals surface area contributed by atoms with Crippen LogP contribution in [-0.4, -0.2) is 19.9 Å². The molecule has 1 heterocycles. The normalized spacial score (nSPS) is 12.6. The Morgan fingerprint density at radius 1 is 1.41 bits per heavy atom. The van der Waals surface area contributed by atoms with E-state index in [4.69, 9.17) is 5.73 Å². The summed E-state index contributed by atoms with van der Waals surface area (Å²) in [5.41, 5.74) is 5.62. The standard InChI is InChI=1S/C11H19N3O2S/c1-11(2,3)6-8-14-17(15,16)9-5-4-7-13-10(9)12/h4-5,7,14H,6,8H2,1-3H3,(H2,12,13). The van der Waals surface area contributed by atoms with Crippen LogP contribution in [0, 0.1) is 5.41 Å². The smallest absolute Gasteiger partial charge is 0.244 e. The highest BCUT2D eigenvalue weighted by atomic mass is 32.2. The van der Waals surface area contributed by atoms with Gasteiger partial charge in [0.05, 0.1) is 0 Å². The molecule has 0 aliphatic carbocycles. The highest BCUT2D eigenvalue weighted by molar-refractivity contribution is 7.89. The van der Waals surface area contributed by atoms with Crippen LogP contribution in [0.15, 0.2) is 23.2 Å². The zero-order chi connectivity index (χ0) is 13.1. The Morgan fingerprint density at radius 3 is 2.59 bits per heavy atom. The molecule has 0 fully saturated rings. The van der Waals surface area contributed by atoms with Crippen LogP contribution >= 0.6 is 0 Å². The van der Waals surface area contributed by atoms with E-state index >= 15 is 0 Å². The van der Waals surface area contributed by atoms with Crippen molar-refractivity contribution >= 4 is 15.8 Å². The number of pyridine rings is 1. The first-order chi connectivity index (χ1) is 7.72. The minimum Gasteiger partial charge on any atom is -0.383 e. The Kier molecular flexibility index (Phi) is 4.11. The third-order valence-corrected chi connectivity index (χ3v) is 3.76. The van der Waals surface area contributed by atoms with Gasteiger partial charge >= 0.3 is 0 Å². The minimum absolute atomic E-state index is 0.0239. The number of hydrogen-bond donors (Lipinski definition) is 2. The number of nitrogen functional groups attached to an aromatic ring is 1. The van der Waals surface area contributed by atoms with E-state index in [1.54, 1.807) is 6.07 Å². The third-order valence-electron chi connectivity index (χ3n) is 2.26. The molecule has 0 saturated carbocycles. The van der Waals surface area contributed by atoms with Crippen LogP contribution in [0.1, 0.15) is 27.2 Å². The monoisotopic (exact) mass is 257 g/mol. The van der Waals surface area contributed by atoms with Crippen LogP contribution in [0.3, 0.4) is 0 Å². The maximum absolute atomic E-state index is 11.9. The summed E-state index contributed by atoms with van der Waals surface area (Å²) in [6, 6.07) is 3.00. The topological polar surface area (TPSA) is 85.1 Å². The van der Waals surface area contributed by atoms with Crippen LogP contribution in [0.4, 0.5) is 5.82 Å². The number of sulfonamides is 1. The lowest BCUT2D eigenvalue weighted by atomic mass is 9.93. The number of rotatable bonds is 4. The van der Waals surface area contributed by atoms with Gasteiger partial charge in [0.2, 0.25) is 10.0 Å². The van der Waals surface area contributed by atoms with E-state index in [1.165, 1.54) is 12.3 Å². The van der Waals surface area contributed by atoms with Crippen LogP contribution in [0.25, 0.3) is 0 Å². The van der Waals surface area contributed by atoms with E-state index in [-0.39, 0.29) is 16.1 Å². The van der Waals surface area contributed by atoms with Gasteiger partial charge < -0.3 is 5.73 Å². The number of hydrogen-bond acceptors (Lipinski definition) is 4. The van der Waals surface area contributed by atoms with Gasteiger partial charge in [-0.05, 0) is 24.0 Å². The quantitative estimate of drug-likeness (QED) is 0.853. The molecule has 3 N–H and O–H groups in total. The molecule has 0 aliphatic heterocycles. The summed E-state index contributed by atoms with van der Waals surface area (Å²) >= 11 is 0.